The molecule has 1 N–H and O–H groups in total. The van der Waals surface area contributed by atoms with E-state index in [-0.39, 0.29) is 12.3 Å². The molecular weight excluding hydrogens is 427 g/mol. The van der Waals surface area contributed by atoms with Crippen LogP contribution in [0.1, 0.15) is 22.6 Å². The Kier molecular flexibility index (Phi) is 6.43. The average Bonchev–Trinajstić information content (AvgIpc) is 3.19. The van der Waals surface area contributed by atoms with Crippen LogP contribution < -0.4 is 10.2 Å². The van der Waals surface area contributed by atoms with Gasteiger partial charge in [0.1, 0.15) is 0 Å². The molecule has 0 atom stereocenters. The van der Waals surface area contributed by atoms with Gasteiger partial charge in [-0.2, -0.15) is 13.2 Å². The third-order valence-electron chi connectivity index (χ3n) is 5.14. The molecule has 1 aliphatic heterocycles. The van der Waals surface area contributed by atoms with Crippen molar-refractivity contribution < 1.29 is 22.7 Å². The number of ether oxygens (including phenoxy) is 1. The van der Waals surface area contributed by atoms with Gasteiger partial charge in [-0.1, -0.05) is 18.2 Å². The number of para-hydroxylation sites is 1. The van der Waals surface area contributed by atoms with E-state index >= 15 is 0 Å². The Morgan fingerprint density at radius 1 is 1.16 bits per heavy atom. The molecule has 164 valence electrons. The van der Waals surface area contributed by atoms with Crippen LogP contribution in [-0.2, 0) is 28.7 Å². The number of carbonyl (C=O) groups is 1. The summed E-state index contributed by atoms with van der Waals surface area (Å²) in [4.78, 5) is 18.9. The minimum absolute atomic E-state index is 0.119. The highest BCUT2D eigenvalue weighted by molar-refractivity contribution is 7.18. The van der Waals surface area contributed by atoms with Crippen molar-refractivity contribution in [1.82, 2.24) is 10.3 Å². The van der Waals surface area contributed by atoms with Crippen molar-refractivity contribution in [3.05, 3.63) is 58.6 Å². The number of hydrogen-bond acceptors (Lipinski definition) is 5. The first-order valence-corrected chi connectivity index (χ1v) is 10.9. The minimum atomic E-state index is -4.39. The largest absolute Gasteiger partial charge is 0.416 e. The maximum atomic E-state index is 12.9. The second kappa shape index (κ2) is 9.23. The highest BCUT2D eigenvalue weighted by Gasteiger charge is 2.30. The molecule has 3 aromatic rings. The number of halogens is 3. The van der Waals surface area contributed by atoms with Gasteiger partial charge in [0.05, 0.1) is 34.0 Å². The van der Waals surface area contributed by atoms with E-state index < -0.39 is 11.7 Å². The third-order valence-corrected chi connectivity index (χ3v) is 6.24. The van der Waals surface area contributed by atoms with Crippen molar-refractivity contribution >= 4 is 33.1 Å². The Bertz CT molecular complexity index is 1060. The van der Waals surface area contributed by atoms with Crippen LogP contribution in [0.3, 0.4) is 0 Å². The number of carbonyl (C=O) groups excluding carboxylic acids is 1. The van der Waals surface area contributed by atoms with Gasteiger partial charge in [0.15, 0.2) is 0 Å². The molecular formula is C22H22F3N3O2S. The lowest BCUT2D eigenvalue weighted by atomic mass is 10.1. The first-order chi connectivity index (χ1) is 14.9. The lowest BCUT2D eigenvalue weighted by Gasteiger charge is -2.30. The van der Waals surface area contributed by atoms with Crippen LogP contribution in [-0.4, -0.2) is 37.2 Å². The Hall–Kier alpha value is -2.65. The summed E-state index contributed by atoms with van der Waals surface area (Å²) in [7, 11) is 0. The molecule has 1 aromatic heterocycles. The number of thiazole rings is 1. The predicted molar refractivity (Wildman–Crippen MR) is 114 cm³/mol. The molecule has 0 aliphatic carbocycles. The van der Waals surface area contributed by atoms with Gasteiger partial charge in [-0.05, 0) is 29.8 Å². The fraction of sp³-hybridized carbons (Fsp3) is 0.364. The highest BCUT2D eigenvalue weighted by atomic mass is 32.1. The van der Waals surface area contributed by atoms with Gasteiger partial charge in [-0.15, -0.1) is 11.3 Å². The number of nitrogens with zero attached hydrogens (tertiary/aromatic N) is 2. The van der Waals surface area contributed by atoms with Crippen molar-refractivity contribution in [2.75, 3.05) is 31.2 Å². The Balaban J connectivity index is 1.34. The number of aryl methyl sites for hydroxylation is 1. The monoisotopic (exact) mass is 449 g/mol. The first kappa shape index (κ1) is 21.6. The Morgan fingerprint density at radius 3 is 2.71 bits per heavy atom. The van der Waals surface area contributed by atoms with E-state index in [1.807, 2.05) is 24.3 Å². The summed E-state index contributed by atoms with van der Waals surface area (Å²) in [5.74, 6) is -0.119. The van der Waals surface area contributed by atoms with Crippen molar-refractivity contribution in [1.29, 1.82) is 0 Å². The van der Waals surface area contributed by atoms with Crippen molar-refractivity contribution in [3.63, 3.8) is 0 Å². The molecule has 9 heteroatoms. The second-order valence-corrected chi connectivity index (χ2v) is 8.41. The van der Waals surface area contributed by atoms with Crippen LogP contribution in [0.2, 0.25) is 0 Å². The van der Waals surface area contributed by atoms with E-state index in [1.165, 1.54) is 17.4 Å². The van der Waals surface area contributed by atoms with E-state index in [4.69, 9.17) is 4.74 Å². The number of morpholine rings is 1. The zero-order chi connectivity index (χ0) is 21.8. The van der Waals surface area contributed by atoms with Gasteiger partial charge in [0.25, 0.3) is 0 Å². The molecule has 0 radical (unpaired) electrons. The zero-order valence-electron chi connectivity index (χ0n) is 16.7. The lowest BCUT2D eigenvalue weighted by molar-refractivity contribution is -0.137. The summed E-state index contributed by atoms with van der Waals surface area (Å²) in [6, 6.07) is 11.5. The van der Waals surface area contributed by atoms with Crippen molar-refractivity contribution in [3.8, 4) is 0 Å². The number of aromatic nitrogens is 1. The summed E-state index contributed by atoms with van der Waals surface area (Å²) in [5, 5.41) is 3.59. The molecule has 1 amide bonds. The number of amides is 1. The summed E-state index contributed by atoms with van der Waals surface area (Å²) in [5.41, 5.74) is 1.73. The number of hydrogen-bond donors (Lipinski definition) is 1. The van der Waals surface area contributed by atoms with Gasteiger partial charge in [-0.3, -0.25) is 4.79 Å². The topological polar surface area (TPSA) is 54.5 Å². The van der Waals surface area contributed by atoms with Crippen LogP contribution in [0.25, 0.3) is 10.2 Å². The number of alkyl halides is 3. The van der Waals surface area contributed by atoms with Gasteiger partial charge in [0.2, 0.25) is 5.91 Å². The molecule has 4 rings (SSSR count). The predicted octanol–water partition coefficient (Wildman–Crippen LogP) is 4.40. The Labute approximate surface area is 181 Å². The summed E-state index contributed by atoms with van der Waals surface area (Å²) >= 11 is 1.32. The van der Waals surface area contributed by atoms with Gasteiger partial charge < -0.3 is 15.0 Å². The fourth-order valence-electron chi connectivity index (χ4n) is 3.53. The molecule has 0 saturated carbocycles. The van der Waals surface area contributed by atoms with Gasteiger partial charge >= 0.3 is 6.18 Å². The quantitative estimate of drug-likeness (QED) is 0.606. The number of benzene rings is 2. The van der Waals surface area contributed by atoms with Crippen molar-refractivity contribution in [2.45, 2.75) is 25.6 Å². The first-order valence-electron chi connectivity index (χ1n) is 10.0. The molecule has 0 spiro atoms. The van der Waals surface area contributed by atoms with E-state index in [0.717, 1.165) is 36.5 Å². The molecule has 31 heavy (non-hydrogen) atoms. The van der Waals surface area contributed by atoms with E-state index in [2.05, 4.69) is 15.2 Å². The van der Waals surface area contributed by atoms with Crippen LogP contribution in [0.4, 0.5) is 18.9 Å². The zero-order valence-corrected chi connectivity index (χ0v) is 17.6. The minimum Gasteiger partial charge on any atom is -0.378 e. The average molecular weight is 449 g/mol. The smallest absolute Gasteiger partial charge is 0.378 e. The molecule has 1 fully saturated rings. The fourth-order valence-corrected chi connectivity index (χ4v) is 4.48. The normalized spacial score (nSPS) is 14.7. The molecule has 2 heterocycles. The summed E-state index contributed by atoms with van der Waals surface area (Å²) in [6.07, 6.45) is -3.78. The second-order valence-electron chi connectivity index (χ2n) is 7.29. The molecule has 1 aliphatic rings. The molecule has 0 bridgehead atoms. The highest BCUT2D eigenvalue weighted by Crippen LogP contribution is 2.33. The Morgan fingerprint density at radius 2 is 1.94 bits per heavy atom. The molecule has 0 unspecified atom stereocenters. The SMILES string of the molecule is O=C(CCc1nc2cc(C(F)(F)F)ccc2s1)NCc1ccccc1N1CCOCC1. The summed E-state index contributed by atoms with van der Waals surface area (Å²) in [6.45, 7) is 3.43. The molecule has 2 aromatic carbocycles. The van der Waals surface area contributed by atoms with Crippen LogP contribution in [0.5, 0.6) is 0 Å². The molecule has 5 nitrogen and oxygen atoms in total. The van der Waals surface area contributed by atoms with Crippen LogP contribution in [0.15, 0.2) is 42.5 Å². The van der Waals surface area contributed by atoms with E-state index in [9.17, 15) is 18.0 Å². The van der Waals surface area contributed by atoms with E-state index in [0.29, 0.717) is 41.4 Å². The van der Waals surface area contributed by atoms with Crippen LogP contribution >= 0.6 is 11.3 Å². The van der Waals surface area contributed by atoms with Crippen molar-refractivity contribution in [2.24, 2.45) is 0 Å². The number of fused-ring (bicyclic) bond motifs is 1. The molecule has 1 saturated heterocycles. The number of rotatable bonds is 6. The standard InChI is InChI=1S/C22H22F3N3O2S/c23-22(24,25)16-5-6-19-17(13-16)27-21(31-19)8-7-20(29)26-14-15-3-1-2-4-18(15)28-9-11-30-12-10-28/h1-6,13H,7-12,14H2,(H,26,29). The van der Waals surface area contributed by atoms with Gasteiger partial charge in [0, 0.05) is 38.2 Å². The third kappa shape index (κ3) is 5.34. The maximum absolute atomic E-state index is 12.9. The summed E-state index contributed by atoms with van der Waals surface area (Å²) < 4.78 is 44.7. The maximum Gasteiger partial charge on any atom is 0.416 e. The van der Waals surface area contributed by atoms with Crippen LogP contribution in [0, 0.1) is 0 Å². The van der Waals surface area contributed by atoms with E-state index in [1.54, 1.807) is 0 Å². The van der Waals surface area contributed by atoms with Gasteiger partial charge in [-0.25, -0.2) is 4.98 Å². The lowest BCUT2D eigenvalue weighted by Crippen LogP contribution is -2.37. The number of nitrogens with one attached hydrogen (secondary N) is 1. The number of anilines is 1.